The maximum atomic E-state index is 11.7. The molecule has 1 N–H and O–H groups in total. The van der Waals surface area contributed by atoms with Gasteiger partial charge >= 0.3 is 0 Å². The number of allylic oxidation sites excluding steroid dienone is 2. The zero-order valence-electron chi connectivity index (χ0n) is 27.0. The SMILES string of the molecule is CCC(CC)C(=O)/C=C(\O)C(CC)CC.Cc1[c-]c(-c2nccc3c2-c2c(ccc4ccccc24)C3(C)C)cc(C)c1.[Ir]. The van der Waals surface area contributed by atoms with Gasteiger partial charge in [-0.25, -0.2) is 0 Å². The topological polar surface area (TPSA) is 50.2 Å². The molecule has 4 aromatic rings. The second-order valence-electron chi connectivity index (χ2n) is 12.2. The number of ketones is 1. The number of rotatable bonds is 8. The Kier molecular flexibility index (Phi) is 11.7. The van der Waals surface area contributed by atoms with Gasteiger partial charge in [-0.05, 0) is 70.5 Å². The average Bonchev–Trinajstić information content (AvgIpc) is 3.21. The summed E-state index contributed by atoms with van der Waals surface area (Å²) in [7, 11) is 0. The fourth-order valence-corrected chi connectivity index (χ4v) is 6.45. The summed E-state index contributed by atoms with van der Waals surface area (Å²) in [4.78, 5) is 16.6. The van der Waals surface area contributed by atoms with Gasteiger partial charge in [-0.15, -0.1) is 34.9 Å². The number of pyridine rings is 1. The van der Waals surface area contributed by atoms with Crippen LogP contribution < -0.4 is 0 Å². The van der Waals surface area contributed by atoms with Crippen LogP contribution in [0.1, 0.15) is 89.5 Å². The van der Waals surface area contributed by atoms with Crippen LogP contribution >= 0.6 is 0 Å². The number of aliphatic hydroxyl groups excluding tert-OH is 1. The molecule has 4 heteroatoms. The van der Waals surface area contributed by atoms with E-state index in [-0.39, 0.29) is 48.9 Å². The van der Waals surface area contributed by atoms with Crippen molar-refractivity contribution in [1.82, 2.24) is 4.98 Å². The van der Waals surface area contributed by atoms with Crippen LogP contribution in [0.15, 0.2) is 72.6 Å². The van der Waals surface area contributed by atoms with Crippen LogP contribution in [0.5, 0.6) is 0 Å². The zero-order chi connectivity index (χ0) is 30.6. The van der Waals surface area contributed by atoms with Gasteiger partial charge in [-0.2, -0.15) is 0 Å². The van der Waals surface area contributed by atoms with Crippen LogP contribution in [0, 0.1) is 31.7 Å². The molecule has 0 atom stereocenters. The van der Waals surface area contributed by atoms with Gasteiger partial charge in [0.15, 0.2) is 5.78 Å². The Morgan fingerprint density at radius 2 is 1.51 bits per heavy atom. The van der Waals surface area contributed by atoms with Gasteiger partial charge in [0.05, 0.1) is 5.76 Å². The third kappa shape index (κ3) is 7.03. The molecular weight excluding hydrogens is 707 g/mol. The van der Waals surface area contributed by atoms with E-state index in [1.807, 2.05) is 33.9 Å². The first-order chi connectivity index (χ1) is 20.1. The van der Waals surface area contributed by atoms with Crippen molar-refractivity contribution in [2.24, 2.45) is 11.8 Å². The van der Waals surface area contributed by atoms with Gasteiger partial charge in [0.2, 0.25) is 0 Å². The number of aliphatic hydroxyl groups is 1. The van der Waals surface area contributed by atoms with Crippen molar-refractivity contribution < 1.29 is 30.0 Å². The van der Waals surface area contributed by atoms with Crippen molar-refractivity contribution in [3.8, 4) is 22.4 Å². The van der Waals surface area contributed by atoms with E-state index in [0.29, 0.717) is 0 Å². The summed E-state index contributed by atoms with van der Waals surface area (Å²) in [5, 5.41) is 12.3. The molecule has 1 aliphatic rings. The predicted molar refractivity (Wildman–Crippen MR) is 177 cm³/mol. The van der Waals surface area contributed by atoms with Crippen LogP contribution in [0.3, 0.4) is 0 Å². The quantitative estimate of drug-likeness (QED) is 0.111. The Hall–Kier alpha value is -3.07. The molecule has 0 spiro atoms. The Morgan fingerprint density at radius 3 is 2.14 bits per heavy atom. The maximum absolute atomic E-state index is 11.7. The van der Waals surface area contributed by atoms with Crippen LogP contribution in [-0.2, 0) is 30.3 Å². The minimum atomic E-state index is -0.0365. The fourth-order valence-electron chi connectivity index (χ4n) is 6.45. The van der Waals surface area contributed by atoms with Crippen molar-refractivity contribution in [1.29, 1.82) is 0 Å². The first-order valence-electron chi connectivity index (χ1n) is 15.5. The molecule has 0 unspecified atom stereocenters. The Bertz CT molecular complexity index is 1590. The molecule has 43 heavy (non-hydrogen) atoms. The monoisotopic (exact) mass is 753 g/mol. The van der Waals surface area contributed by atoms with Gasteiger partial charge in [0.1, 0.15) is 0 Å². The average molecular weight is 753 g/mol. The van der Waals surface area contributed by atoms with E-state index in [0.717, 1.165) is 42.5 Å². The molecule has 0 amide bonds. The molecule has 229 valence electrons. The van der Waals surface area contributed by atoms with Crippen LogP contribution in [0.25, 0.3) is 33.2 Å². The molecule has 1 radical (unpaired) electrons. The third-order valence-electron chi connectivity index (χ3n) is 8.96. The molecule has 3 nitrogen and oxygen atoms in total. The number of carbonyl (C=O) groups excluding carboxylic acids is 1. The normalized spacial score (nSPS) is 13.3. The summed E-state index contributed by atoms with van der Waals surface area (Å²) in [6.45, 7) is 17.0. The number of hydrogen-bond acceptors (Lipinski definition) is 3. The van der Waals surface area contributed by atoms with Gasteiger partial charge in [0, 0.05) is 49.6 Å². The molecule has 1 aromatic heterocycles. The van der Waals surface area contributed by atoms with Crippen molar-refractivity contribution >= 4 is 16.6 Å². The van der Waals surface area contributed by atoms with Crippen molar-refractivity contribution in [3.63, 3.8) is 0 Å². The molecule has 0 bridgehead atoms. The number of carbonyl (C=O) groups is 1. The molecule has 1 aliphatic carbocycles. The summed E-state index contributed by atoms with van der Waals surface area (Å²) in [6.07, 6.45) is 6.86. The van der Waals surface area contributed by atoms with E-state index in [4.69, 9.17) is 4.98 Å². The zero-order valence-corrected chi connectivity index (χ0v) is 29.4. The van der Waals surface area contributed by atoms with Gasteiger partial charge in [-0.1, -0.05) is 91.8 Å². The summed E-state index contributed by atoms with van der Waals surface area (Å²) < 4.78 is 0. The number of hydrogen-bond donors (Lipinski definition) is 1. The Morgan fingerprint density at radius 1 is 0.884 bits per heavy atom. The Labute approximate surface area is 272 Å². The van der Waals surface area contributed by atoms with Crippen molar-refractivity contribution in [2.45, 2.75) is 86.5 Å². The molecular formula is C39H46IrNO2-. The van der Waals surface area contributed by atoms with Crippen LogP contribution in [0.2, 0.25) is 0 Å². The van der Waals surface area contributed by atoms with Crippen molar-refractivity contribution in [3.05, 3.63) is 101 Å². The summed E-state index contributed by atoms with van der Waals surface area (Å²) in [5.74, 6) is 0.547. The molecule has 3 aromatic carbocycles. The number of aryl methyl sites for hydroxylation is 2. The number of benzene rings is 3. The largest absolute Gasteiger partial charge is 0.512 e. The number of fused-ring (bicyclic) bond motifs is 5. The maximum Gasteiger partial charge on any atom is 0.162 e. The second kappa shape index (κ2) is 14.6. The number of nitrogens with zero attached hydrogens (tertiary/aromatic N) is 1. The van der Waals surface area contributed by atoms with E-state index in [1.165, 1.54) is 44.7 Å². The molecule has 0 aliphatic heterocycles. The minimum absolute atomic E-state index is 0. The first kappa shape index (κ1) is 34.4. The van der Waals surface area contributed by atoms with Crippen molar-refractivity contribution in [2.75, 3.05) is 0 Å². The second-order valence-corrected chi connectivity index (χ2v) is 12.2. The minimum Gasteiger partial charge on any atom is -0.512 e. The fraction of sp³-hybridized carbons (Fsp3) is 0.385. The third-order valence-corrected chi connectivity index (χ3v) is 8.96. The van der Waals surface area contributed by atoms with Gasteiger partial charge in [0.25, 0.3) is 0 Å². The van der Waals surface area contributed by atoms with E-state index >= 15 is 0 Å². The molecule has 0 saturated carbocycles. The summed E-state index contributed by atoms with van der Waals surface area (Å²) in [5.41, 5.74) is 9.84. The molecule has 0 fully saturated rings. The van der Waals surface area contributed by atoms with Crippen LogP contribution in [0.4, 0.5) is 0 Å². The smallest absolute Gasteiger partial charge is 0.162 e. The molecule has 0 saturated heterocycles. The number of aromatic nitrogens is 1. The van der Waals surface area contributed by atoms with E-state index in [1.54, 1.807) is 0 Å². The molecule has 5 rings (SSSR count). The standard InChI is InChI=1S/C26H22N.C13H24O2.Ir/c1-16-13-17(2)15-19(14-16)25-24-22(11-12-27-25)26(3,4)21-10-9-18-7-5-6-8-20(18)23(21)24;1-5-10(6-2)12(14)9-13(15)11(7-3)8-4;/h5-14H,1-4H3;9-11,14H,5-8H2,1-4H3;/q-1;;/b;12-9-;. The van der Waals surface area contributed by atoms with E-state index < -0.39 is 0 Å². The van der Waals surface area contributed by atoms with E-state index in [9.17, 15) is 9.90 Å². The molecule has 1 heterocycles. The van der Waals surface area contributed by atoms with E-state index in [2.05, 4.69) is 88.4 Å². The van der Waals surface area contributed by atoms with Crippen LogP contribution in [-0.4, -0.2) is 15.9 Å². The summed E-state index contributed by atoms with van der Waals surface area (Å²) in [6, 6.07) is 23.3. The Balaban J connectivity index is 0.000000274. The predicted octanol–water partition coefficient (Wildman–Crippen LogP) is 10.5. The van der Waals surface area contributed by atoms with Gasteiger partial charge in [-0.3, -0.25) is 4.79 Å². The first-order valence-corrected chi connectivity index (χ1v) is 15.5. The van der Waals surface area contributed by atoms with Gasteiger partial charge < -0.3 is 10.1 Å². The summed E-state index contributed by atoms with van der Waals surface area (Å²) >= 11 is 0.